The van der Waals surface area contributed by atoms with Crippen molar-refractivity contribution in [3.8, 4) is 11.5 Å². The lowest BCUT2D eigenvalue weighted by Gasteiger charge is -2.17. The van der Waals surface area contributed by atoms with E-state index in [2.05, 4.69) is 32.0 Å². The summed E-state index contributed by atoms with van der Waals surface area (Å²) in [6, 6.07) is 14.0. The molecule has 1 atom stereocenters. The van der Waals surface area contributed by atoms with Crippen LogP contribution in [0.4, 0.5) is 0 Å². The Morgan fingerprint density at radius 2 is 1.76 bits per heavy atom. The van der Waals surface area contributed by atoms with E-state index in [4.69, 9.17) is 4.74 Å². The Kier molecular flexibility index (Phi) is 5.03. The molecule has 2 aromatic rings. The van der Waals surface area contributed by atoms with Crippen LogP contribution in [0.5, 0.6) is 11.5 Å². The van der Waals surface area contributed by atoms with Crippen molar-refractivity contribution in [3.05, 3.63) is 59.2 Å². The van der Waals surface area contributed by atoms with E-state index in [9.17, 15) is 5.11 Å². The molecule has 0 heterocycles. The molecule has 0 saturated heterocycles. The summed E-state index contributed by atoms with van der Waals surface area (Å²) < 4.78 is 6.09. The minimum Gasteiger partial charge on any atom is -0.457 e. The second-order valence-electron chi connectivity index (χ2n) is 5.74. The van der Waals surface area contributed by atoms with E-state index < -0.39 is 6.10 Å². The fourth-order valence-electron chi connectivity index (χ4n) is 2.27. The summed E-state index contributed by atoms with van der Waals surface area (Å²) >= 11 is 0. The van der Waals surface area contributed by atoms with Crippen molar-refractivity contribution in [2.24, 2.45) is 0 Å². The lowest BCUT2D eigenvalue weighted by atomic mass is 10.0. The van der Waals surface area contributed by atoms with Crippen molar-refractivity contribution >= 4 is 0 Å². The third-order valence-corrected chi connectivity index (χ3v) is 3.76. The van der Waals surface area contributed by atoms with Gasteiger partial charge in [-0.1, -0.05) is 51.1 Å². The van der Waals surface area contributed by atoms with Crippen molar-refractivity contribution in [3.63, 3.8) is 0 Å². The van der Waals surface area contributed by atoms with Gasteiger partial charge in [0.25, 0.3) is 0 Å². The third-order valence-electron chi connectivity index (χ3n) is 3.76. The number of aliphatic hydroxyl groups is 1. The monoisotopic (exact) mass is 284 g/mol. The van der Waals surface area contributed by atoms with Gasteiger partial charge in [-0.05, 0) is 42.5 Å². The van der Waals surface area contributed by atoms with E-state index >= 15 is 0 Å². The molecule has 0 radical (unpaired) electrons. The Hall–Kier alpha value is -1.80. The summed E-state index contributed by atoms with van der Waals surface area (Å²) in [4.78, 5) is 0. The molecule has 0 spiro atoms. The minimum atomic E-state index is -0.491. The standard InChI is InChI=1S/C19H24O2/c1-5-17(20)16-8-6-7-9-18(16)21-19-12-15(13(2)3)11-10-14(19)4/h6-13,17,20H,5H2,1-4H3/t17-/m0/s1. The molecule has 0 unspecified atom stereocenters. The van der Waals surface area contributed by atoms with Crippen molar-refractivity contribution in [1.82, 2.24) is 0 Å². The van der Waals surface area contributed by atoms with Crippen LogP contribution in [-0.4, -0.2) is 5.11 Å². The Balaban J connectivity index is 2.36. The number of hydrogen-bond acceptors (Lipinski definition) is 2. The molecule has 0 aliphatic rings. The van der Waals surface area contributed by atoms with Crippen LogP contribution in [0.15, 0.2) is 42.5 Å². The molecule has 0 fully saturated rings. The predicted octanol–water partition coefficient (Wildman–Crippen LogP) is 5.35. The molecule has 2 rings (SSSR count). The zero-order chi connectivity index (χ0) is 15.4. The van der Waals surface area contributed by atoms with Crippen LogP contribution >= 0.6 is 0 Å². The average molecular weight is 284 g/mol. The van der Waals surface area contributed by atoms with Crippen molar-refractivity contribution in [1.29, 1.82) is 0 Å². The van der Waals surface area contributed by atoms with Gasteiger partial charge >= 0.3 is 0 Å². The van der Waals surface area contributed by atoms with Gasteiger partial charge in [0.05, 0.1) is 6.10 Å². The molecular weight excluding hydrogens is 260 g/mol. The van der Waals surface area contributed by atoms with Crippen LogP contribution in [-0.2, 0) is 0 Å². The van der Waals surface area contributed by atoms with Gasteiger partial charge < -0.3 is 9.84 Å². The number of benzene rings is 2. The fraction of sp³-hybridized carbons (Fsp3) is 0.368. The number of para-hydroxylation sites is 1. The number of aliphatic hydroxyl groups excluding tert-OH is 1. The minimum absolute atomic E-state index is 0.462. The SMILES string of the molecule is CC[C@H](O)c1ccccc1Oc1cc(C(C)C)ccc1C. The van der Waals surface area contributed by atoms with Crippen molar-refractivity contribution in [2.45, 2.75) is 46.1 Å². The number of ether oxygens (including phenoxy) is 1. The molecule has 0 aromatic heterocycles. The van der Waals surface area contributed by atoms with Gasteiger partial charge in [-0.2, -0.15) is 0 Å². The predicted molar refractivity (Wildman–Crippen MR) is 87.0 cm³/mol. The van der Waals surface area contributed by atoms with E-state index in [1.807, 2.05) is 38.1 Å². The lowest BCUT2D eigenvalue weighted by Crippen LogP contribution is -2.00. The third kappa shape index (κ3) is 3.64. The van der Waals surface area contributed by atoms with Crippen LogP contribution in [0.2, 0.25) is 0 Å². The van der Waals surface area contributed by atoms with Crippen molar-refractivity contribution < 1.29 is 9.84 Å². The molecule has 0 amide bonds. The molecule has 2 nitrogen and oxygen atoms in total. The molecule has 2 heteroatoms. The van der Waals surface area contributed by atoms with E-state index in [0.717, 1.165) is 22.6 Å². The normalized spacial score (nSPS) is 12.5. The quantitative estimate of drug-likeness (QED) is 0.801. The lowest BCUT2D eigenvalue weighted by molar-refractivity contribution is 0.170. The van der Waals surface area contributed by atoms with Crippen LogP contribution in [0.1, 0.15) is 55.9 Å². The van der Waals surface area contributed by atoms with Gasteiger partial charge in [0.15, 0.2) is 0 Å². The highest BCUT2D eigenvalue weighted by Gasteiger charge is 2.13. The summed E-state index contributed by atoms with van der Waals surface area (Å²) in [5, 5.41) is 10.1. The molecular formula is C19H24O2. The van der Waals surface area contributed by atoms with Gasteiger partial charge in [0.2, 0.25) is 0 Å². The van der Waals surface area contributed by atoms with E-state index in [1.54, 1.807) is 0 Å². The average Bonchev–Trinajstić information content (AvgIpc) is 2.49. The van der Waals surface area contributed by atoms with Crippen molar-refractivity contribution in [2.75, 3.05) is 0 Å². The fourth-order valence-corrected chi connectivity index (χ4v) is 2.27. The first kappa shape index (κ1) is 15.6. The molecule has 21 heavy (non-hydrogen) atoms. The number of aryl methyl sites for hydroxylation is 1. The summed E-state index contributed by atoms with van der Waals surface area (Å²) in [7, 11) is 0. The molecule has 0 bridgehead atoms. The first-order valence-electron chi connectivity index (χ1n) is 7.58. The largest absolute Gasteiger partial charge is 0.457 e. The topological polar surface area (TPSA) is 29.5 Å². The summed E-state index contributed by atoms with van der Waals surface area (Å²) in [5.74, 6) is 2.05. The van der Waals surface area contributed by atoms with Crippen LogP contribution < -0.4 is 4.74 Å². The molecule has 1 N–H and O–H groups in total. The van der Waals surface area contributed by atoms with Gasteiger partial charge in [-0.3, -0.25) is 0 Å². The Morgan fingerprint density at radius 3 is 2.43 bits per heavy atom. The van der Waals surface area contributed by atoms with Crippen LogP contribution in [0, 0.1) is 6.92 Å². The molecule has 0 saturated carbocycles. The maximum Gasteiger partial charge on any atom is 0.133 e. The molecule has 2 aromatic carbocycles. The zero-order valence-electron chi connectivity index (χ0n) is 13.3. The first-order chi connectivity index (χ1) is 10.0. The zero-order valence-corrected chi connectivity index (χ0v) is 13.3. The maximum absolute atomic E-state index is 10.1. The van der Waals surface area contributed by atoms with Gasteiger partial charge in [-0.25, -0.2) is 0 Å². The summed E-state index contributed by atoms with van der Waals surface area (Å²) in [6.07, 6.45) is 0.181. The van der Waals surface area contributed by atoms with Gasteiger partial charge in [0, 0.05) is 5.56 Å². The van der Waals surface area contributed by atoms with E-state index in [-0.39, 0.29) is 0 Å². The van der Waals surface area contributed by atoms with Crippen LogP contribution in [0.25, 0.3) is 0 Å². The highest BCUT2D eigenvalue weighted by Crippen LogP contribution is 2.33. The Morgan fingerprint density at radius 1 is 1.05 bits per heavy atom. The second kappa shape index (κ2) is 6.77. The van der Waals surface area contributed by atoms with Gasteiger partial charge in [0.1, 0.15) is 11.5 Å². The molecule has 0 aliphatic carbocycles. The van der Waals surface area contributed by atoms with Gasteiger partial charge in [-0.15, -0.1) is 0 Å². The maximum atomic E-state index is 10.1. The first-order valence-corrected chi connectivity index (χ1v) is 7.58. The molecule has 112 valence electrons. The second-order valence-corrected chi connectivity index (χ2v) is 5.74. The highest BCUT2D eigenvalue weighted by molar-refractivity contribution is 5.44. The van der Waals surface area contributed by atoms with E-state index in [1.165, 1.54) is 5.56 Å². The number of rotatable bonds is 5. The van der Waals surface area contributed by atoms with Crippen LogP contribution in [0.3, 0.4) is 0 Å². The Labute approximate surface area is 127 Å². The number of hydrogen-bond donors (Lipinski definition) is 1. The highest BCUT2D eigenvalue weighted by atomic mass is 16.5. The van der Waals surface area contributed by atoms with E-state index in [0.29, 0.717) is 12.3 Å². The molecule has 0 aliphatic heterocycles. The summed E-state index contributed by atoms with van der Waals surface area (Å²) in [5.41, 5.74) is 3.19. The summed E-state index contributed by atoms with van der Waals surface area (Å²) in [6.45, 7) is 8.34. The smallest absolute Gasteiger partial charge is 0.133 e. The Bertz CT molecular complexity index is 602.